The summed E-state index contributed by atoms with van der Waals surface area (Å²) in [4.78, 5) is 11.9. The highest BCUT2D eigenvalue weighted by Gasteiger charge is 2.16. The molecule has 2 aromatic carbocycles. The highest BCUT2D eigenvalue weighted by molar-refractivity contribution is 9.10. The molecule has 0 saturated heterocycles. The van der Waals surface area contributed by atoms with Gasteiger partial charge in [-0.15, -0.1) is 0 Å². The number of halogens is 1. The van der Waals surface area contributed by atoms with E-state index in [1.54, 1.807) is 0 Å². The zero-order valence-electron chi connectivity index (χ0n) is 17.3. The quantitative estimate of drug-likeness (QED) is 0.547. The molecule has 0 atom stereocenters. The lowest BCUT2D eigenvalue weighted by Crippen LogP contribution is -2.33. The first-order chi connectivity index (χ1) is 13.1. The molecule has 5 heteroatoms. The largest absolute Gasteiger partial charge is 0.489 e. The van der Waals surface area contributed by atoms with Gasteiger partial charge in [-0.3, -0.25) is 0 Å². The Labute approximate surface area is 176 Å². The summed E-state index contributed by atoms with van der Waals surface area (Å²) < 4.78 is 12.2. The molecule has 2 rings (SSSR count). The number of carbonyl (C=O) groups is 1. The van der Waals surface area contributed by atoms with Crippen molar-refractivity contribution in [2.45, 2.75) is 59.2 Å². The summed E-state index contributed by atoms with van der Waals surface area (Å²) in [6, 6.07) is 14.3. The average Bonchev–Trinajstić information content (AvgIpc) is 2.59. The normalized spacial score (nSPS) is 11.4. The number of rotatable bonds is 7. The predicted molar refractivity (Wildman–Crippen MR) is 117 cm³/mol. The molecule has 1 N–H and O–H groups in total. The summed E-state index contributed by atoms with van der Waals surface area (Å²) in [6.45, 7) is 11.0. The van der Waals surface area contributed by atoms with Gasteiger partial charge in [0.15, 0.2) is 0 Å². The van der Waals surface area contributed by atoms with Gasteiger partial charge >= 0.3 is 6.09 Å². The molecular weight excluding hydrogens is 418 g/mol. The fourth-order valence-electron chi connectivity index (χ4n) is 2.84. The molecule has 0 fully saturated rings. The van der Waals surface area contributed by atoms with Gasteiger partial charge in [-0.05, 0) is 74.1 Å². The van der Waals surface area contributed by atoms with Gasteiger partial charge in [0, 0.05) is 11.0 Å². The summed E-state index contributed by atoms with van der Waals surface area (Å²) in [5.74, 6) is 1.25. The van der Waals surface area contributed by atoms with Gasteiger partial charge in [-0.25, -0.2) is 4.79 Å². The van der Waals surface area contributed by atoms with E-state index < -0.39 is 5.60 Å². The molecule has 0 aliphatic heterocycles. The first-order valence-electron chi connectivity index (χ1n) is 9.61. The molecule has 0 aromatic heterocycles. The smallest absolute Gasteiger partial charge is 0.407 e. The van der Waals surface area contributed by atoms with E-state index in [0.29, 0.717) is 19.1 Å². The molecule has 2 aromatic rings. The zero-order valence-corrected chi connectivity index (χ0v) is 18.9. The summed E-state index contributed by atoms with van der Waals surface area (Å²) in [5, 5.41) is 2.84. The Morgan fingerprint density at radius 3 is 2.39 bits per heavy atom. The monoisotopic (exact) mass is 447 g/mol. The maximum atomic E-state index is 11.9. The van der Waals surface area contributed by atoms with Crippen molar-refractivity contribution < 1.29 is 14.3 Å². The second-order valence-electron chi connectivity index (χ2n) is 8.11. The maximum absolute atomic E-state index is 11.9. The molecule has 0 aliphatic rings. The van der Waals surface area contributed by atoms with Crippen LogP contribution >= 0.6 is 15.9 Å². The summed E-state index contributed by atoms with van der Waals surface area (Å²) in [5.41, 5.74) is 3.14. The molecule has 152 valence electrons. The van der Waals surface area contributed by atoms with Crippen LogP contribution < -0.4 is 10.1 Å². The van der Waals surface area contributed by atoms with E-state index in [4.69, 9.17) is 9.47 Å². The third kappa shape index (κ3) is 7.55. The second kappa shape index (κ2) is 9.97. The highest BCUT2D eigenvalue weighted by atomic mass is 79.9. The molecule has 0 saturated carbocycles. The van der Waals surface area contributed by atoms with Crippen LogP contribution in [0.15, 0.2) is 46.9 Å². The molecule has 1 amide bonds. The van der Waals surface area contributed by atoms with Gasteiger partial charge in [0.05, 0.1) is 0 Å². The topological polar surface area (TPSA) is 47.6 Å². The Kier molecular flexibility index (Phi) is 7.93. The van der Waals surface area contributed by atoms with E-state index in [9.17, 15) is 4.79 Å². The summed E-state index contributed by atoms with van der Waals surface area (Å²) in [7, 11) is 0. The minimum absolute atomic E-state index is 0.381. The van der Waals surface area contributed by atoms with E-state index >= 15 is 0 Å². The molecule has 0 bridgehead atoms. The van der Waals surface area contributed by atoms with Crippen molar-refractivity contribution in [3.63, 3.8) is 0 Å². The van der Waals surface area contributed by atoms with Crippen LogP contribution in [-0.2, 0) is 17.8 Å². The van der Waals surface area contributed by atoms with Crippen LogP contribution in [0.2, 0.25) is 0 Å². The van der Waals surface area contributed by atoms with Gasteiger partial charge in [0.1, 0.15) is 18.0 Å². The number of ether oxygens (including phenoxy) is 2. The molecule has 0 spiro atoms. The van der Waals surface area contributed by atoms with Gasteiger partial charge in [0.2, 0.25) is 0 Å². The van der Waals surface area contributed by atoms with E-state index in [0.717, 1.165) is 22.2 Å². The Morgan fingerprint density at radius 1 is 1.11 bits per heavy atom. The van der Waals surface area contributed by atoms with Crippen LogP contribution in [0, 0.1) is 0 Å². The Hall–Kier alpha value is -2.01. The first kappa shape index (κ1) is 22.3. The summed E-state index contributed by atoms with van der Waals surface area (Å²) >= 11 is 3.43. The van der Waals surface area contributed by atoms with E-state index in [1.165, 1.54) is 11.1 Å². The lowest BCUT2D eigenvalue weighted by Gasteiger charge is -2.20. The Bertz CT molecular complexity index is 779. The van der Waals surface area contributed by atoms with Crippen molar-refractivity contribution in [3.05, 3.63) is 63.6 Å². The van der Waals surface area contributed by atoms with Crippen LogP contribution in [0.5, 0.6) is 5.75 Å². The number of amides is 1. The highest BCUT2D eigenvalue weighted by Crippen LogP contribution is 2.23. The van der Waals surface area contributed by atoms with Gasteiger partial charge in [0.25, 0.3) is 0 Å². The lowest BCUT2D eigenvalue weighted by molar-refractivity contribution is 0.0528. The Morgan fingerprint density at radius 2 is 1.79 bits per heavy atom. The Balaban J connectivity index is 1.99. The van der Waals surface area contributed by atoms with Gasteiger partial charge in [-0.2, -0.15) is 0 Å². The number of nitrogens with one attached hydrogen (secondary N) is 1. The maximum Gasteiger partial charge on any atom is 0.407 e. The van der Waals surface area contributed by atoms with Gasteiger partial charge in [-0.1, -0.05) is 48.0 Å². The van der Waals surface area contributed by atoms with Crippen LogP contribution in [0.1, 0.15) is 57.2 Å². The van der Waals surface area contributed by atoms with Crippen LogP contribution in [0.25, 0.3) is 0 Å². The minimum Gasteiger partial charge on any atom is -0.489 e. The number of carbonyl (C=O) groups excluding carboxylic acids is 1. The predicted octanol–water partition coefficient (Wildman–Crippen LogP) is 6.22. The van der Waals surface area contributed by atoms with E-state index in [2.05, 4.69) is 53.3 Å². The average molecular weight is 448 g/mol. The third-order valence-corrected chi connectivity index (χ3v) is 4.64. The van der Waals surface area contributed by atoms with Crippen molar-refractivity contribution >= 4 is 22.0 Å². The summed E-state index contributed by atoms with van der Waals surface area (Å²) in [6.07, 6.45) is 0.368. The number of alkyl carbamates (subject to hydrolysis) is 1. The zero-order chi connectivity index (χ0) is 20.7. The molecule has 4 nitrogen and oxygen atoms in total. The van der Waals surface area contributed by atoms with E-state index in [-0.39, 0.29) is 6.09 Å². The second-order valence-corrected chi connectivity index (χ2v) is 9.02. The fraction of sp³-hybridized carbons (Fsp3) is 0.435. The third-order valence-electron chi connectivity index (χ3n) is 4.11. The van der Waals surface area contributed by atoms with Crippen molar-refractivity contribution in [3.8, 4) is 5.75 Å². The molecule has 0 unspecified atom stereocenters. The van der Waals surface area contributed by atoms with Crippen molar-refractivity contribution in [1.82, 2.24) is 5.32 Å². The first-order valence-corrected chi connectivity index (χ1v) is 10.4. The molecule has 0 aliphatic carbocycles. The number of hydrogen-bond acceptors (Lipinski definition) is 3. The van der Waals surface area contributed by atoms with E-state index in [1.807, 2.05) is 45.0 Å². The van der Waals surface area contributed by atoms with Crippen molar-refractivity contribution in [1.29, 1.82) is 0 Å². The molecular formula is C23H30BrNO3. The standard InChI is InChI=1S/C23H30BrNO3/c1-16(2)21-11-6-17(15-27-20-9-7-19(24)8-10-20)14-18(21)12-13-25-22(26)28-23(3,4)5/h6-11,14,16H,12-13,15H2,1-5H3,(H,25,26). The number of hydrogen-bond donors (Lipinski definition) is 1. The molecule has 0 radical (unpaired) electrons. The minimum atomic E-state index is -0.489. The SMILES string of the molecule is CC(C)c1ccc(COc2ccc(Br)cc2)cc1CCNC(=O)OC(C)(C)C. The lowest BCUT2D eigenvalue weighted by atomic mass is 9.93. The van der Waals surface area contributed by atoms with Crippen LogP contribution in [0.4, 0.5) is 4.79 Å². The van der Waals surface area contributed by atoms with Crippen molar-refractivity contribution in [2.75, 3.05) is 6.54 Å². The molecule has 28 heavy (non-hydrogen) atoms. The molecule has 0 heterocycles. The van der Waals surface area contributed by atoms with Gasteiger partial charge < -0.3 is 14.8 Å². The fourth-order valence-corrected chi connectivity index (χ4v) is 3.10. The van der Waals surface area contributed by atoms with Crippen LogP contribution in [-0.4, -0.2) is 18.2 Å². The van der Waals surface area contributed by atoms with Crippen molar-refractivity contribution in [2.24, 2.45) is 0 Å². The van der Waals surface area contributed by atoms with Crippen LogP contribution in [0.3, 0.4) is 0 Å². The number of benzene rings is 2.